The fourth-order valence-electron chi connectivity index (χ4n) is 6.28. The first-order valence-corrected chi connectivity index (χ1v) is 13.6. The summed E-state index contributed by atoms with van der Waals surface area (Å²) in [5.41, 5.74) is 0.339. The Morgan fingerprint density at radius 2 is 1.78 bits per heavy atom. The number of carbonyl (C=O) groups is 1. The number of hydrogen-bond donors (Lipinski definition) is 0. The van der Waals surface area contributed by atoms with E-state index in [1.165, 1.54) is 43.5 Å². The number of benzene rings is 2. The lowest BCUT2D eigenvalue weighted by molar-refractivity contribution is 0.0728. The van der Waals surface area contributed by atoms with Gasteiger partial charge in [0, 0.05) is 6.07 Å². The van der Waals surface area contributed by atoms with E-state index in [1.54, 1.807) is 6.08 Å². The van der Waals surface area contributed by atoms with Gasteiger partial charge in [0.15, 0.2) is 11.6 Å². The number of allylic oxidation sites excluding steroid dienone is 3. The first kappa shape index (κ1) is 27.2. The van der Waals surface area contributed by atoms with Crippen molar-refractivity contribution in [2.24, 2.45) is 17.8 Å². The SMILES string of the molecule is C=CCCc1ccc(OC(=O)c2ccc(C3CCC4CC(CC/C=C/C)CCC4C3)c(F)c2F)cc1F. The van der Waals surface area contributed by atoms with Crippen molar-refractivity contribution in [3.05, 3.63) is 89.3 Å². The van der Waals surface area contributed by atoms with Crippen molar-refractivity contribution in [1.29, 1.82) is 0 Å². The van der Waals surface area contributed by atoms with Crippen LogP contribution < -0.4 is 4.74 Å². The van der Waals surface area contributed by atoms with Crippen molar-refractivity contribution >= 4 is 5.97 Å². The summed E-state index contributed by atoms with van der Waals surface area (Å²) in [6, 6.07) is 6.90. The Hall–Kier alpha value is -2.82. The topological polar surface area (TPSA) is 26.3 Å². The van der Waals surface area contributed by atoms with E-state index in [0.717, 1.165) is 44.1 Å². The monoisotopic (exact) mass is 510 g/mol. The van der Waals surface area contributed by atoms with Crippen LogP contribution in [0.2, 0.25) is 0 Å². The maximum Gasteiger partial charge on any atom is 0.346 e. The van der Waals surface area contributed by atoms with Gasteiger partial charge in [-0.05, 0) is 112 Å². The van der Waals surface area contributed by atoms with E-state index in [4.69, 9.17) is 4.74 Å². The minimum absolute atomic E-state index is 0.0439. The van der Waals surface area contributed by atoms with E-state index in [1.807, 2.05) is 0 Å². The largest absolute Gasteiger partial charge is 0.423 e. The molecular formula is C32H37F3O2. The van der Waals surface area contributed by atoms with Gasteiger partial charge in [-0.25, -0.2) is 18.0 Å². The van der Waals surface area contributed by atoms with Crippen LogP contribution in [0.1, 0.15) is 92.1 Å². The van der Waals surface area contributed by atoms with Crippen LogP contribution in [0.25, 0.3) is 0 Å². The van der Waals surface area contributed by atoms with Crippen molar-refractivity contribution in [2.75, 3.05) is 0 Å². The summed E-state index contributed by atoms with van der Waals surface area (Å²) < 4.78 is 49.6. The van der Waals surface area contributed by atoms with Crippen LogP contribution in [0.4, 0.5) is 13.2 Å². The molecule has 0 saturated heterocycles. The van der Waals surface area contributed by atoms with Crippen molar-refractivity contribution < 1.29 is 22.7 Å². The average Bonchev–Trinajstić information content (AvgIpc) is 2.89. The number of carbonyl (C=O) groups excluding carboxylic acids is 1. The Balaban J connectivity index is 1.39. The Labute approximate surface area is 218 Å². The molecule has 2 aromatic carbocycles. The van der Waals surface area contributed by atoms with Crippen LogP contribution >= 0.6 is 0 Å². The smallest absolute Gasteiger partial charge is 0.346 e. The highest BCUT2D eigenvalue weighted by molar-refractivity contribution is 5.91. The quantitative estimate of drug-likeness (QED) is 0.191. The fourth-order valence-corrected chi connectivity index (χ4v) is 6.28. The molecule has 2 saturated carbocycles. The molecule has 0 aliphatic heterocycles. The van der Waals surface area contributed by atoms with Gasteiger partial charge in [0.05, 0.1) is 5.56 Å². The first-order chi connectivity index (χ1) is 17.9. The molecule has 37 heavy (non-hydrogen) atoms. The summed E-state index contributed by atoms with van der Waals surface area (Å²) in [7, 11) is 0. The summed E-state index contributed by atoms with van der Waals surface area (Å²) in [6.45, 7) is 5.68. The van der Waals surface area contributed by atoms with E-state index in [-0.39, 0.29) is 11.7 Å². The standard InChI is InChI=1S/C32H37F3O2/c1-3-5-7-8-21-10-11-24-19-25(13-12-23(24)18-21)27-16-17-28(31(35)30(27)34)32(36)37-26-15-14-22(9-6-4-2)29(33)20-26/h3-5,14-17,20-21,23-25H,2,6-13,18-19H2,1H3/b5-3+. The lowest BCUT2D eigenvalue weighted by Crippen LogP contribution is -2.30. The van der Waals surface area contributed by atoms with E-state index in [9.17, 15) is 9.18 Å². The predicted molar refractivity (Wildman–Crippen MR) is 141 cm³/mol. The number of rotatable bonds is 9. The molecule has 0 N–H and O–H groups in total. The third kappa shape index (κ3) is 6.55. The van der Waals surface area contributed by atoms with Gasteiger partial charge in [-0.15, -0.1) is 6.58 Å². The summed E-state index contributed by atoms with van der Waals surface area (Å²) in [5, 5.41) is 0. The minimum Gasteiger partial charge on any atom is -0.423 e. The van der Waals surface area contributed by atoms with Crippen molar-refractivity contribution in [1.82, 2.24) is 0 Å². The third-order valence-corrected chi connectivity index (χ3v) is 8.32. The van der Waals surface area contributed by atoms with Gasteiger partial charge < -0.3 is 4.74 Å². The molecule has 4 rings (SSSR count). The number of fused-ring (bicyclic) bond motifs is 1. The number of halogens is 3. The number of esters is 1. The molecule has 0 spiro atoms. The lowest BCUT2D eigenvalue weighted by atomic mass is 9.63. The number of ether oxygens (including phenoxy) is 1. The van der Waals surface area contributed by atoms with E-state index in [2.05, 4.69) is 25.7 Å². The third-order valence-electron chi connectivity index (χ3n) is 8.32. The fraction of sp³-hybridized carbons (Fsp3) is 0.469. The Morgan fingerprint density at radius 3 is 2.54 bits per heavy atom. The van der Waals surface area contributed by atoms with Crippen LogP contribution in [0.15, 0.2) is 55.1 Å². The predicted octanol–water partition coefficient (Wildman–Crippen LogP) is 9.10. The molecule has 4 atom stereocenters. The highest BCUT2D eigenvalue weighted by Crippen LogP contribution is 2.49. The van der Waals surface area contributed by atoms with Crippen molar-refractivity contribution in [3.63, 3.8) is 0 Å². The zero-order chi connectivity index (χ0) is 26.4. The molecule has 5 heteroatoms. The Bertz CT molecular complexity index is 1140. The van der Waals surface area contributed by atoms with Crippen LogP contribution in [-0.2, 0) is 6.42 Å². The number of hydrogen-bond acceptors (Lipinski definition) is 2. The molecule has 2 aromatic rings. The highest BCUT2D eigenvalue weighted by Gasteiger charge is 2.37. The molecule has 2 fully saturated rings. The number of aryl methyl sites for hydroxylation is 1. The van der Waals surface area contributed by atoms with Crippen molar-refractivity contribution in [3.8, 4) is 5.75 Å². The Kier molecular flexibility index (Phi) is 9.28. The van der Waals surface area contributed by atoms with Crippen LogP contribution in [0.5, 0.6) is 5.75 Å². The maximum absolute atomic E-state index is 15.2. The normalized spacial score (nSPS) is 23.6. The zero-order valence-electron chi connectivity index (χ0n) is 21.7. The minimum atomic E-state index is -1.19. The van der Waals surface area contributed by atoms with Gasteiger partial charge in [-0.2, -0.15) is 0 Å². The first-order valence-electron chi connectivity index (χ1n) is 13.6. The van der Waals surface area contributed by atoms with Crippen LogP contribution in [-0.4, -0.2) is 5.97 Å². The van der Waals surface area contributed by atoms with Gasteiger partial charge in [-0.1, -0.05) is 36.8 Å². The molecule has 4 unspecified atom stereocenters. The van der Waals surface area contributed by atoms with Gasteiger partial charge in [0.2, 0.25) is 0 Å². The van der Waals surface area contributed by atoms with E-state index in [0.29, 0.717) is 35.8 Å². The summed E-state index contributed by atoms with van der Waals surface area (Å²) in [4.78, 5) is 12.6. The molecule has 2 nitrogen and oxygen atoms in total. The van der Waals surface area contributed by atoms with Crippen LogP contribution in [0.3, 0.4) is 0 Å². The van der Waals surface area contributed by atoms with Crippen molar-refractivity contribution in [2.45, 2.75) is 77.0 Å². The molecule has 0 bridgehead atoms. The van der Waals surface area contributed by atoms with E-state index < -0.39 is 29.0 Å². The van der Waals surface area contributed by atoms with Gasteiger partial charge in [-0.3, -0.25) is 0 Å². The molecule has 0 amide bonds. The zero-order valence-corrected chi connectivity index (χ0v) is 21.7. The second-order valence-electron chi connectivity index (χ2n) is 10.7. The van der Waals surface area contributed by atoms with Gasteiger partial charge in [0.25, 0.3) is 0 Å². The molecule has 2 aliphatic carbocycles. The summed E-state index contributed by atoms with van der Waals surface area (Å²) in [6.07, 6.45) is 15.8. The molecule has 0 heterocycles. The molecule has 0 aromatic heterocycles. The molecule has 0 radical (unpaired) electrons. The molecule has 198 valence electrons. The summed E-state index contributed by atoms with van der Waals surface area (Å²) >= 11 is 0. The Morgan fingerprint density at radius 1 is 1.00 bits per heavy atom. The molecule has 2 aliphatic rings. The van der Waals surface area contributed by atoms with Gasteiger partial charge >= 0.3 is 5.97 Å². The highest BCUT2D eigenvalue weighted by atomic mass is 19.2. The van der Waals surface area contributed by atoms with Crippen LogP contribution in [0, 0.1) is 35.2 Å². The van der Waals surface area contributed by atoms with E-state index >= 15 is 8.78 Å². The summed E-state index contributed by atoms with van der Waals surface area (Å²) in [5.74, 6) is -1.82. The maximum atomic E-state index is 15.2. The second kappa shape index (κ2) is 12.6. The second-order valence-corrected chi connectivity index (χ2v) is 10.7. The van der Waals surface area contributed by atoms with Gasteiger partial charge in [0.1, 0.15) is 11.6 Å². The molecular weight excluding hydrogens is 473 g/mol. The average molecular weight is 511 g/mol. The lowest BCUT2D eigenvalue weighted by Gasteiger charge is -2.42.